The Balaban J connectivity index is 1.71. The first-order valence-corrected chi connectivity index (χ1v) is 13.1. The van der Waals surface area contributed by atoms with Gasteiger partial charge in [-0.25, -0.2) is 0 Å². The predicted octanol–water partition coefficient (Wildman–Crippen LogP) is 3.51. The number of alkyl halides is 3. The topological polar surface area (TPSA) is 95.0 Å². The van der Waals surface area contributed by atoms with Gasteiger partial charge in [0.15, 0.2) is 9.75 Å². The van der Waals surface area contributed by atoms with Crippen LogP contribution in [0.5, 0.6) is 5.75 Å². The van der Waals surface area contributed by atoms with Crippen molar-refractivity contribution >= 4 is 62.8 Å². The Morgan fingerprint density at radius 1 is 1.09 bits per heavy atom. The van der Waals surface area contributed by atoms with Crippen LogP contribution in [0, 0.1) is 17.8 Å². The minimum atomic E-state index is -1.85. The van der Waals surface area contributed by atoms with Gasteiger partial charge in [-0.2, -0.15) is 0 Å². The molecule has 0 bridgehead atoms. The Morgan fingerprint density at radius 3 is 2.47 bits per heavy atom. The molecule has 1 aromatic carbocycles. The van der Waals surface area contributed by atoms with Crippen LogP contribution in [0.25, 0.3) is 0 Å². The summed E-state index contributed by atoms with van der Waals surface area (Å²) >= 11 is 17.4. The van der Waals surface area contributed by atoms with Gasteiger partial charge in [0.1, 0.15) is 5.75 Å². The number of hydrogen-bond acceptors (Lipinski definition) is 5. The first kappa shape index (κ1) is 23.8. The standard InChI is InChI=1S/C24H23BrCl2N2O5/c1-2-8-28-19(31)15-7-6-14-16(17(15)20(28)32)10-23(26)21(33)29(11-25)22(34)24(23,27)18(14)12-4-3-5-13(30)9-12/h3-6,9,15-18,30H,2,7-8,10-11H2,1H3. The quantitative estimate of drug-likeness (QED) is 0.259. The number of fused-ring (bicyclic) bond motifs is 4. The van der Waals surface area contributed by atoms with E-state index in [1.807, 2.05) is 13.0 Å². The molecule has 4 amide bonds. The highest BCUT2D eigenvalue weighted by Crippen LogP contribution is 2.65. The Kier molecular flexibility index (Phi) is 5.65. The molecule has 3 fully saturated rings. The van der Waals surface area contributed by atoms with E-state index >= 15 is 0 Å². The smallest absolute Gasteiger partial charge is 0.254 e. The van der Waals surface area contributed by atoms with Crippen LogP contribution in [0.3, 0.4) is 0 Å². The van der Waals surface area contributed by atoms with E-state index in [9.17, 15) is 24.3 Å². The second-order valence-corrected chi connectivity index (χ2v) is 11.2. The van der Waals surface area contributed by atoms with Crippen LogP contribution in [0.1, 0.15) is 37.7 Å². The molecule has 4 aliphatic rings. The van der Waals surface area contributed by atoms with Crippen molar-refractivity contribution in [2.75, 3.05) is 12.0 Å². The lowest BCUT2D eigenvalue weighted by molar-refractivity contribution is -0.141. The molecule has 6 unspecified atom stereocenters. The molecule has 1 N–H and O–H groups in total. The Bertz CT molecular complexity index is 1160. The number of rotatable bonds is 4. The summed E-state index contributed by atoms with van der Waals surface area (Å²) in [6, 6.07) is 6.35. The first-order valence-electron chi connectivity index (χ1n) is 11.3. The predicted molar refractivity (Wildman–Crippen MR) is 128 cm³/mol. The highest BCUT2D eigenvalue weighted by molar-refractivity contribution is 9.09. The fourth-order valence-corrected chi connectivity index (χ4v) is 7.77. The van der Waals surface area contributed by atoms with Crippen LogP contribution in [-0.2, 0) is 19.2 Å². The fraction of sp³-hybridized carbons (Fsp3) is 0.500. The molecule has 6 atom stereocenters. The summed E-state index contributed by atoms with van der Waals surface area (Å²) in [5.74, 6) is -4.34. The molecule has 10 heteroatoms. The zero-order valence-electron chi connectivity index (χ0n) is 18.3. The van der Waals surface area contributed by atoms with Crippen molar-refractivity contribution in [2.45, 2.75) is 41.9 Å². The summed E-state index contributed by atoms with van der Waals surface area (Å²) in [5, 5.41) is 10.2. The maximum Gasteiger partial charge on any atom is 0.254 e. The number of carbonyl (C=O) groups is 4. The van der Waals surface area contributed by atoms with E-state index in [1.54, 1.807) is 12.1 Å². The van der Waals surface area contributed by atoms with Gasteiger partial charge < -0.3 is 5.11 Å². The molecule has 0 spiro atoms. The third-order valence-electron chi connectivity index (χ3n) is 7.76. The normalized spacial score (nSPS) is 37.0. The van der Waals surface area contributed by atoms with E-state index < -0.39 is 45.2 Å². The average molecular weight is 570 g/mol. The van der Waals surface area contributed by atoms with Gasteiger partial charge in [-0.3, -0.25) is 29.0 Å². The van der Waals surface area contributed by atoms with Gasteiger partial charge in [0.05, 0.1) is 17.3 Å². The summed E-state index contributed by atoms with van der Waals surface area (Å²) < 4.78 is 0. The number of phenolic OH excluding ortho intramolecular Hbond substituents is 1. The number of carbonyl (C=O) groups excluding carboxylic acids is 4. The maximum atomic E-state index is 13.6. The minimum absolute atomic E-state index is 0.0234. The Morgan fingerprint density at radius 2 is 1.82 bits per heavy atom. The third kappa shape index (κ3) is 2.88. The van der Waals surface area contributed by atoms with Crippen LogP contribution in [0.4, 0.5) is 0 Å². The summed E-state index contributed by atoms with van der Waals surface area (Å²) in [7, 11) is 0. The number of nitrogens with zero attached hydrogens (tertiary/aromatic N) is 2. The monoisotopic (exact) mass is 568 g/mol. The largest absolute Gasteiger partial charge is 0.508 e. The van der Waals surface area contributed by atoms with Crippen LogP contribution >= 0.6 is 39.1 Å². The summed E-state index contributed by atoms with van der Waals surface area (Å²) in [4.78, 5) is 52.1. The van der Waals surface area contributed by atoms with E-state index in [0.717, 1.165) is 10.5 Å². The lowest BCUT2D eigenvalue weighted by Gasteiger charge is -2.50. The van der Waals surface area contributed by atoms with Gasteiger partial charge >= 0.3 is 0 Å². The van der Waals surface area contributed by atoms with Crippen LogP contribution < -0.4 is 0 Å². The van der Waals surface area contributed by atoms with Crippen molar-refractivity contribution in [3.05, 3.63) is 41.5 Å². The van der Waals surface area contributed by atoms with E-state index in [-0.39, 0.29) is 29.4 Å². The molecule has 2 aliphatic carbocycles. The third-order valence-corrected chi connectivity index (χ3v) is 9.67. The number of hydrogen-bond donors (Lipinski definition) is 1. The van der Waals surface area contributed by atoms with Crippen LogP contribution in [0.2, 0.25) is 0 Å². The van der Waals surface area contributed by atoms with E-state index in [4.69, 9.17) is 23.2 Å². The second kappa shape index (κ2) is 8.07. The second-order valence-electron chi connectivity index (χ2n) is 9.41. The number of likely N-dealkylation sites (tertiary alicyclic amines) is 2. The number of benzene rings is 1. The number of allylic oxidation sites excluding steroid dienone is 2. The first-order chi connectivity index (χ1) is 16.1. The summed E-state index contributed by atoms with van der Waals surface area (Å²) in [6.07, 6.45) is 2.83. The average Bonchev–Trinajstić information content (AvgIpc) is 3.13. The zero-order chi connectivity index (χ0) is 24.6. The van der Waals surface area contributed by atoms with Gasteiger partial charge in [-0.05, 0) is 42.9 Å². The van der Waals surface area contributed by atoms with Crippen molar-refractivity contribution < 1.29 is 24.3 Å². The lowest BCUT2D eigenvalue weighted by Crippen LogP contribution is -2.60. The molecular formula is C24H23BrCl2N2O5. The lowest BCUT2D eigenvalue weighted by atomic mass is 9.56. The molecule has 2 saturated heterocycles. The molecular weight excluding hydrogens is 547 g/mol. The van der Waals surface area contributed by atoms with Gasteiger partial charge in [0.25, 0.3) is 11.8 Å². The molecule has 2 aliphatic heterocycles. The van der Waals surface area contributed by atoms with E-state index in [2.05, 4.69) is 15.9 Å². The molecule has 0 aromatic heterocycles. The molecule has 2 heterocycles. The van der Waals surface area contributed by atoms with E-state index in [0.29, 0.717) is 24.9 Å². The van der Waals surface area contributed by atoms with Crippen LogP contribution in [-0.4, -0.2) is 60.3 Å². The summed E-state index contributed by atoms with van der Waals surface area (Å²) in [5.41, 5.74) is 1.17. The number of halogens is 3. The molecule has 1 aromatic rings. The van der Waals surface area contributed by atoms with Crippen molar-refractivity contribution in [2.24, 2.45) is 17.8 Å². The highest BCUT2D eigenvalue weighted by atomic mass is 79.9. The molecule has 0 radical (unpaired) electrons. The molecule has 1 saturated carbocycles. The van der Waals surface area contributed by atoms with Crippen molar-refractivity contribution in [1.82, 2.24) is 9.80 Å². The number of amides is 4. The minimum Gasteiger partial charge on any atom is -0.508 e. The van der Waals surface area contributed by atoms with Gasteiger partial charge in [-0.1, -0.05) is 46.6 Å². The molecule has 34 heavy (non-hydrogen) atoms. The van der Waals surface area contributed by atoms with Gasteiger partial charge in [0, 0.05) is 12.5 Å². The van der Waals surface area contributed by atoms with E-state index in [1.165, 1.54) is 17.0 Å². The van der Waals surface area contributed by atoms with Gasteiger partial charge in [0.2, 0.25) is 11.8 Å². The van der Waals surface area contributed by atoms with Crippen LogP contribution in [0.15, 0.2) is 35.9 Å². The van der Waals surface area contributed by atoms with Gasteiger partial charge in [-0.15, -0.1) is 23.2 Å². The molecule has 7 nitrogen and oxygen atoms in total. The Labute approximate surface area is 215 Å². The Hall–Kier alpha value is -1.90. The maximum absolute atomic E-state index is 13.6. The fourth-order valence-electron chi connectivity index (χ4n) is 6.34. The number of phenols is 1. The SMILES string of the molecule is CCCN1C(=O)C2CC=C3C(CC4(Cl)C(=O)N(CBr)C(=O)C4(Cl)C3c3cccc(O)c3)C2C1=O. The summed E-state index contributed by atoms with van der Waals surface area (Å²) in [6.45, 7) is 2.24. The van der Waals surface area contributed by atoms with Crippen molar-refractivity contribution in [3.63, 3.8) is 0 Å². The molecule has 5 rings (SSSR count). The molecule has 180 valence electrons. The zero-order valence-corrected chi connectivity index (χ0v) is 21.4. The van der Waals surface area contributed by atoms with Crippen molar-refractivity contribution in [1.29, 1.82) is 0 Å². The number of imide groups is 2. The highest BCUT2D eigenvalue weighted by Gasteiger charge is 2.76. The number of aromatic hydroxyl groups is 1. The van der Waals surface area contributed by atoms with Crippen molar-refractivity contribution in [3.8, 4) is 5.75 Å².